The predicted octanol–water partition coefficient (Wildman–Crippen LogP) is -0.418. The molecule has 100 valence electrons. The van der Waals surface area contributed by atoms with E-state index in [1.165, 1.54) is 0 Å². The van der Waals surface area contributed by atoms with Crippen molar-refractivity contribution in [2.45, 2.75) is 19.0 Å². The summed E-state index contributed by atoms with van der Waals surface area (Å²) in [5, 5.41) is 4.05. The third-order valence-corrected chi connectivity index (χ3v) is 3.46. The van der Waals surface area contributed by atoms with Crippen LogP contribution in [0.15, 0.2) is 12.4 Å². The summed E-state index contributed by atoms with van der Waals surface area (Å²) in [4.78, 5) is 16.5. The van der Waals surface area contributed by atoms with Crippen LogP contribution in [0, 0.1) is 0 Å². The van der Waals surface area contributed by atoms with Crippen LogP contribution in [-0.2, 0) is 11.8 Å². The summed E-state index contributed by atoms with van der Waals surface area (Å²) in [5.74, 6) is -0.0106. The molecule has 6 heteroatoms. The summed E-state index contributed by atoms with van der Waals surface area (Å²) in [6, 6.07) is -0.400. The summed E-state index contributed by atoms with van der Waals surface area (Å²) < 4.78 is 1.66. The molecule has 2 N–H and O–H groups in total. The second kappa shape index (κ2) is 5.07. The number of carbonyl (C=O) groups is 1. The molecule has 1 aromatic heterocycles. The Hall–Kier alpha value is -1.40. The number of nitrogens with two attached hydrogens (primary N) is 1. The van der Waals surface area contributed by atoms with Gasteiger partial charge in [-0.25, -0.2) is 0 Å². The number of piperazine rings is 1. The predicted molar refractivity (Wildman–Crippen MR) is 68.8 cm³/mol. The molecule has 2 atom stereocenters. The molecule has 0 spiro atoms. The first-order valence-electron chi connectivity index (χ1n) is 6.22. The fourth-order valence-corrected chi connectivity index (χ4v) is 2.39. The highest BCUT2D eigenvalue weighted by atomic mass is 16.2. The molecule has 2 rings (SSSR count). The lowest BCUT2D eigenvalue weighted by Gasteiger charge is -2.39. The molecule has 1 amide bonds. The van der Waals surface area contributed by atoms with Crippen molar-refractivity contribution >= 4 is 5.91 Å². The summed E-state index contributed by atoms with van der Waals surface area (Å²) >= 11 is 0. The second-order valence-corrected chi connectivity index (χ2v) is 5.07. The van der Waals surface area contributed by atoms with Crippen LogP contribution in [0.2, 0.25) is 0 Å². The molecule has 0 aliphatic carbocycles. The van der Waals surface area contributed by atoms with Crippen molar-refractivity contribution in [3.8, 4) is 0 Å². The Balaban J connectivity index is 2.07. The van der Waals surface area contributed by atoms with Gasteiger partial charge in [-0.1, -0.05) is 0 Å². The minimum absolute atomic E-state index is 0.0106. The Morgan fingerprint density at radius 3 is 2.78 bits per heavy atom. The topological polar surface area (TPSA) is 67.4 Å². The summed E-state index contributed by atoms with van der Waals surface area (Å²) in [6.45, 7) is 4.59. The summed E-state index contributed by atoms with van der Waals surface area (Å²) in [6.07, 6.45) is 3.45. The smallest absolute Gasteiger partial charge is 0.244 e. The van der Waals surface area contributed by atoms with E-state index in [-0.39, 0.29) is 11.9 Å². The van der Waals surface area contributed by atoms with Crippen LogP contribution in [0.3, 0.4) is 0 Å². The molecule has 0 radical (unpaired) electrons. The third-order valence-electron chi connectivity index (χ3n) is 3.46. The van der Waals surface area contributed by atoms with Gasteiger partial charge in [0, 0.05) is 44.5 Å². The zero-order valence-corrected chi connectivity index (χ0v) is 11.2. The number of amides is 1. The average molecular weight is 251 g/mol. The van der Waals surface area contributed by atoms with Gasteiger partial charge < -0.3 is 15.5 Å². The van der Waals surface area contributed by atoms with Gasteiger partial charge in [-0.05, 0) is 14.0 Å². The van der Waals surface area contributed by atoms with Crippen molar-refractivity contribution in [3.63, 3.8) is 0 Å². The maximum absolute atomic E-state index is 12.4. The lowest BCUT2D eigenvalue weighted by molar-refractivity contribution is -0.137. The third kappa shape index (κ3) is 2.54. The molecule has 1 fully saturated rings. The van der Waals surface area contributed by atoms with E-state index < -0.39 is 6.04 Å². The van der Waals surface area contributed by atoms with Crippen LogP contribution in [0.1, 0.15) is 18.5 Å². The molecule has 6 nitrogen and oxygen atoms in total. The maximum Gasteiger partial charge on any atom is 0.244 e. The molecule has 18 heavy (non-hydrogen) atoms. The number of hydrogen-bond acceptors (Lipinski definition) is 4. The van der Waals surface area contributed by atoms with Gasteiger partial charge >= 0.3 is 0 Å². The van der Waals surface area contributed by atoms with Gasteiger partial charge in [-0.2, -0.15) is 5.10 Å². The Labute approximate surface area is 107 Å². The van der Waals surface area contributed by atoms with Gasteiger partial charge in [-0.15, -0.1) is 0 Å². The van der Waals surface area contributed by atoms with Gasteiger partial charge in [0.25, 0.3) is 0 Å². The Kier molecular flexibility index (Phi) is 3.68. The molecule has 0 aromatic carbocycles. The van der Waals surface area contributed by atoms with Crippen molar-refractivity contribution in [3.05, 3.63) is 18.0 Å². The number of rotatable bonds is 2. The van der Waals surface area contributed by atoms with Crippen LogP contribution in [-0.4, -0.2) is 58.2 Å². The Morgan fingerprint density at radius 2 is 2.22 bits per heavy atom. The summed E-state index contributed by atoms with van der Waals surface area (Å²) in [7, 11) is 3.89. The van der Waals surface area contributed by atoms with E-state index in [1.54, 1.807) is 17.1 Å². The van der Waals surface area contributed by atoms with E-state index in [0.717, 1.165) is 25.2 Å². The number of carbonyl (C=O) groups excluding carboxylic acids is 1. The monoisotopic (exact) mass is 251 g/mol. The number of hydrogen-bond donors (Lipinski definition) is 1. The van der Waals surface area contributed by atoms with Gasteiger partial charge in [0.05, 0.1) is 6.20 Å². The van der Waals surface area contributed by atoms with E-state index in [9.17, 15) is 4.79 Å². The van der Waals surface area contributed by atoms with E-state index in [1.807, 2.05) is 11.9 Å². The molecule has 1 aliphatic heterocycles. The highest BCUT2D eigenvalue weighted by molar-refractivity contribution is 5.83. The lowest BCUT2D eigenvalue weighted by atomic mass is 10.1. The first-order chi connectivity index (χ1) is 8.49. The maximum atomic E-state index is 12.4. The largest absolute Gasteiger partial charge is 0.336 e. The normalized spacial score (nSPS) is 23.1. The second-order valence-electron chi connectivity index (χ2n) is 5.07. The molecule has 2 unspecified atom stereocenters. The SMILES string of the molecule is CC1CN(C)CCN1C(=O)C(N)c1cnn(C)c1. The van der Waals surface area contributed by atoms with Crippen molar-refractivity contribution in [1.29, 1.82) is 0 Å². The van der Waals surface area contributed by atoms with Crippen LogP contribution in [0.25, 0.3) is 0 Å². The van der Waals surface area contributed by atoms with Crippen LogP contribution >= 0.6 is 0 Å². The molecule has 2 heterocycles. The fraction of sp³-hybridized carbons (Fsp3) is 0.667. The van der Waals surface area contributed by atoms with Crippen LogP contribution in [0.5, 0.6) is 0 Å². The zero-order valence-electron chi connectivity index (χ0n) is 11.2. The van der Waals surface area contributed by atoms with Crippen molar-refractivity contribution in [1.82, 2.24) is 19.6 Å². The van der Waals surface area contributed by atoms with E-state index >= 15 is 0 Å². The first-order valence-corrected chi connectivity index (χ1v) is 6.22. The molecule has 1 aliphatic rings. The minimum Gasteiger partial charge on any atom is -0.336 e. The van der Waals surface area contributed by atoms with E-state index in [0.29, 0.717) is 0 Å². The highest BCUT2D eigenvalue weighted by Crippen LogP contribution is 2.16. The summed E-state index contributed by atoms with van der Waals surface area (Å²) in [5.41, 5.74) is 6.79. The molecule has 0 saturated carbocycles. The molecule has 0 bridgehead atoms. The standard InChI is InChI=1S/C12H21N5O/c1-9-7-15(2)4-5-17(9)12(18)11(13)10-6-14-16(3)8-10/h6,8-9,11H,4-5,7,13H2,1-3H3. The van der Waals surface area contributed by atoms with Gasteiger partial charge in [0.2, 0.25) is 5.91 Å². The number of aryl methyl sites for hydroxylation is 1. The van der Waals surface area contributed by atoms with E-state index in [2.05, 4.69) is 24.0 Å². The Morgan fingerprint density at radius 1 is 1.50 bits per heavy atom. The average Bonchev–Trinajstić information content (AvgIpc) is 2.74. The zero-order chi connectivity index (χ0) is 13.3. The van der Waals surface area contributed by atoms with Gasteiger partial charge in [0.15, 0.2) is 0 Å². The quantitative estimate of drug-likeness (QED) is 0.775. The number of likely N-dealkylation sites (N-methyl/N-ethyl adjacent to an activating group) is 1. The van der Waals surface area contributed by atoms with Crippen LogP contribution < -0.4 is 5.73 Å². The molecular formula is C12H21N5O. The first kappa shape index (κ1) is 13.0. The van der Waals surface area contributed by atoms with E-state index in [4.69, 9.17) is 5.73 Å². The number of nitrogens with zero attached hydrogens (tertiary/aromatic N) is 4. The van der Waals surface area contributed by atoms with Crippen molar-refractivity contribution < 1.29 is 4.79 Å². The van der Waals surface area contributed by atoms with Crippen molar-refractivity contribution in [2.24, 2.45) is 12.8 Å². The minimum atomic E-state index is -0.607. The fourth-order valence-electron chi connectivity index (χ4n) is 2.39. The molecule has 1 aromatic rings. The number of aromatic nitrogens is 2. The van der Waals surface area contributed by atoms with Crippen molar-refractivity contribution in [2.75, 3.05) is 26.7 Å². The highest BCUT2D eigenvalue weighted by Gasteiger charge is 2.30. The lowest BCUT2D eigenvalue weighted by Crippen LogP contribution is -2.54. The van der Waals surface area contributed by atoms with Crippen LogP contribution in [0.4, 0.5) is 0 Å². The molecule has 1 saturated heterocycles. The Bertz CT molecular complexity index is 430. The van der Waals surface area contributed by atoms with Gasteiger partial charge in [-0.3, -0.25) is 9.48 Å². The van der Waals surface area contributed by atoms with Gasteiger partial charge in [0.1, 0.15) is 6.04 Å². The molecular weight excluding hydrogens is 230 g/mol.